The standard InChI is InChI=1S/C11H9F6N/c12-8-2-1-6(11(15,16)17)3-7(8)9(18)4-10(13,14)5-9/h1-3H,4-5,18H2. The first-order chi connectivity index (χ1) is 8.04. The number of nitrogens with two attached hydrogens (primary N) is 1. The number of rotatable bonds is 1. The van der Waals surface area contributed by atoms with Crippen molar-refractivity contribution >= 4 is 0 Å². The van der Waals surface area contributed by atoms with Crippen LogP contribution in [0.25, 0.3) is 0 Å². The van der Waals surface area contributed by atoms with Crippen LogP contribution in [0.3, 0.4) is 0 Å². The van der Waals surface area contributed by atoms with E-state index in [2.05, 4.69) is 0 Å². The molecule has 1 fully saturated rings. The van der Waals surface area contributed by atoms with Crippen LogP contribution in [0.2, 0.25) is 0 Å². The first kappa shape index (κ1) is 13.2. The van der Waals surface area contributed by atoms with E-state index in [4.69, 9.17) is 5.73 Å². The molecule has 0 radical (unpaired) electrons. The van der Waals surface area contributed by atoms with Gasteiger partial charge in [-0.2, -0.15) is 13.2 Å². The minimum absolute atomic E-state index is 0.505. The topological polar surface area (TPSA) is 26.0 Å². The molecule has 1 aliphatic rings. The average molecular weight is 269 g/mol. The monoisotopic (exact) mass is 269 g/mol. The molecule has 100 valence electrons. The lowest BCUT2D eigenvalue weighted by Crippen LogP contribution is -2.56. The summed E-state index contributed by atoms with van der Waals surface area (Å²) >= 11 is 0. The van der Waals surface area contributed by atoms with E-state index in [1.807, 2.05) is 0 Å². The van der Waals surface area contributed by atoms with Crippen LogP contribution in [0.5, 0.6) is 0 Å². The highest BCUT2D eigenvalue weighted by Crippen LogP contribution is 2.51. The fraction of sp³-hybridized carbons (Fsp3) is 0.455. The summed E-state index contributed by atoms with van der Waals surface area (Å²) in [7, 11) is 0. The molecule has 7 heteroatoms. The Labute approximate surface area is 98.6 Å². The molecular formula is C11H9F6N. The van der Waals surface area contributed by atoms with Crippen molar-refractivity contribution in [1.82, 2.24) is 0 Å². The van der Waals surface area contributed by atoms with Gasteiger partial charge in [0, 0.05) is 18.4 Å². The minimum atomic E-state index is -4.66. The first-order valence-corrected chi connectivity index (χ1v) is 5.07. The SMILES string of the molecule is NC1(c2cc(C(F)(F)F)ccc2F)CC(F)(F)C1. The Morgan fingerprint density at radius 1 is 1.11 bits per heavy atom. The molecule has 0 unspecified atom stereocenters. The van der Waals surface area contributed by atoms with Gasteiger partial charge in [0.15, 0.2) is 0 Å². The minimum Gasteiger partial charge on any atom is -0.321 e. The first-order valence-electron chi connectivity index (χ1n) is 5.07. The van der Waals surface area contributed by atoms with E-state index in [9.17, 15) is 26.3 Å². The highest BCUT2D eigenvalue weighted by molar-refractivity contribution is 5.35. The van der Waals surface area contributed by atoms with Crippen LogP contribution >= 0.6 is 0 Å². The molecule has 0 atom stereocenters. The summed E-state index contributed by atoms with van der Waals surface area (Å²) in [6, 6.07) is 1.66. The van der Waals surface area contributed by atoms with E-state index < -0.39 is 47.4 Å². The highest BCUT2D eigenvalue weighted by atomic mass is 19.4. The van der Waals surface area contributed by atoms with Crippen molar-refractivity contribution < 1.29 is 26.3 Å². The normalized spacial score (nSPS) is 21.5. The quantitative estimate of drug-likeness (QED) is 0.777. The van der Waals surface area contributed by atoms with Gasteiger partial charge in [0.1, 0.15) is 5.82 Å². The van der Waals surface area contributed by atoms with E-state index in [-0.39, 0.29) is 0 Å². The zero-order valence-electron chi connectivity index (χ0n) is 8.99. The molecule has 1 saturated carbocycles. The molecule has 1 aromatic rings. The van der Waals surface area contributed by atoms with E-state index in [1.54, 1.807) is 0 Å². The second-order valence-corrected chi connectivity index (χ2v) is 4.56. The van der Waals surface area contributed by atoms with Gasteiger partial charge in [-0.15, -0.1) is 0 Å². The maximum absolute atomic E-state index is 13.4. The van der Waals surface area contributed by atoms with Crippen LogP contribution < -0.4 is 5.73 Å². The summed E-state index contributed by atoms with van der Waals surface area (Å²) in [6.45, 7) is 0. The second-order valence-electron chi connectivity index (χ2n) is 4.56. The molecular weight excluding hydrogens is 260 g/mol. The van der Waals surface area contributed by atoms with Crippen LogP contribution in [-0.2, 0) is 11.7 Å². The molecule has 1 aromatic carbocycles. The Bertz CT molecular complexity index is 471. The second kappa shape index (κ2) is 3.63. The van der Waals surface area contributed by atoms with Crippen molar-refractivity contribution in [2.24, 2.45) is 5.73 Å². The average Bonchev–Trinajstić information content (AvgIpc) is 2.12. The highest BCUT2D eigenvalue weighted by Gasteiger charge is 2.56. The molecule has 1 nitrogen and oxygen atoms in total. The Balaban J connectivity index is 2.40. The fourth-order valence-electron chi connectivity index (χ4n) is 2.14. The van der Waals surface area contributed by atoms with Gasteiger partial charge in [0.05, 0.1) is 11.1 Å². The largest absolute Gasteiger partial charge is 0.416 e. The summed E-state index contributed by atoms with van der Waals surface area (Å²) in [5.41, 5.74) is 2.19. The Morgan fingerprint density at radius 2 is 1.67 bits per heavy atom. The van der Waals surface area contributed by atoms with Gasteiger partial charge in [0.2, 0.25) is 0 Å². The number of hydrogen-bond donors (Lipinski definition) is 1. The third-order valence-electron chi connectivity index (χ3n) is 2.98. The van der Waals surface area contributed by atoms with Gasteiger partial charge >= 0.3 is 6.18 Å². The Kier molecular flexibility index (Phi) is 2.66. The maximum atomic E-state index is 13.4. The van der Waals surface area contributed by atoms with Crippen molar-refractivity contribution in [3.8, 4) is 0 Å². The zero-order chi connectivity index (χ0) is 13.8. The van der Waals surface area contributed by atoms with E-state index in [1.165, 1.54) is 0 Å². The lowest BCUT2D eigenvalue weighted by Gasteiger charge is -2.45. The van der Waals surface area contributed by atoms with Crippen LogP contribution in [0, 0.1) is 5.82 Å². The van der Waals surface area contributed by atoms with Gasteiger partial charge < -0.3 is 5.73 Å². The number of benzene rings is 1. The predicted molar refractivity (Wildman–Crippen MR) is 51.4 cm³/mol. The lowest BCUT2D eigenvalue weighted by molar-refractivity contribution is -0.138. The van der Waals surface area contributed by atoms with Crippen LogP contribution in [-0.4, -0.2) is 5.92 Å². The molecule has 0 saturated heterocycles. The molecule has 0 aliphatic heterocycles. The molecule has 2 rings (SSSR count). The number of halogens is 6. The third-order valence-corrected chi connectivity index (χ3v) is 2.98. The van der Waals surface area contributed by atoms with Crippen molar-refractivity contribution in [1.29, 1.82) is 0 Å². The van der Waals surface area contributed by atoms with Crippen LogP contribution in [0.4, 0.5) is 26.3 Å². The van der Waals surface area contributed by atoms with Gasteiger partial charge in [-0.25, -0.2) is 13.2 Å². The summed E-state index contributed by atoms with van der Waals surface area (Å²) in [6.07, 6.45) is -6.36. The fourth-order valence-corrected chi connectivity index (χ4v) is 2.14. The third kappa shape index (κ3) is 2.19. The number of alkyl halides is 5. The molecule has 1 aliphatic carbocycles. The van der Waals surface area contributed by atoms with Crippen molar-refractivity contribution in [3.05, 3.63) is 35.1 Å². The van der Waals surface area contributed by atoms with Crippen LogP contribution in [0.1, 0.15) is 24.0 Å². The molecule has 0 amide bonds. The summed E-state index contributed by atoms with van der Waals surface area (Å²) in [5.74, 6) is -4.05. The number of hydrogen-bond acceptors (Lipinski definition) is 1. The van der Waals surface area contributed by atoms with E-state index in [0.717, 1.165) is 0 Å². The Hall–Kier alpha value is -1.24. The van der Waals surface area contributed by atoms with E-state index >= 15 is 0 Å². The van der Waals surface area contributed by atoms with Gasteiger partial charge in [-0.05, 0) is 18.2 Å². The summed E-state index contributed by atoms with van der Waals surface area (Å²) in [4.78, 5) is 0. The summed E-state index contributed by atoms with van der Waals surface area (Å²) < 4.78 is 76.3. The van der Waals surface area contributed by atoms with Gasteiger partial charge in [-0.1, -0.05) is 0 Å². The summed E-state index contributed by atoms with van der Waals surface area (Å²) in [5, 5.41) is 0. The van der Waals surface area contributed by atoms with Gasteiger partial charge in [0.25, 0.3) is 5.92 Å². The van der Waals surface area contributed by atoms with Gasteiger partial charge in [-0.3, -0.25) is 0 Å². The lowest BCUT2D eigenvalue weighted by atomic mass is 9.69. The molecule has 2 N–H and O–H groups in total. The molecule has 0 bridgehead atoms. The molecule has 0 spiro atoms. The smallest absolute Gasteiger partial charge is 0.321 e. The molecule has 18 heavy (non-hydrogen) atoms. The maximum Gasteiger partial charge on any atom is 0.416 e. The van der Waals surface area contributed by atoms with Crippen molar-refractivity contribution in [3.63, 3.8) is 0 Å². The van der Waals surface area contributed by atoms with E-state index in [0.29, 0.717) is 18.2 Å². The zero-order valence-corrected chi connectivity index (χ0v) is 8.99. The van der Waals surface area contributed by atoms with Crippen molar-refractivity contribution in [2.75, 3.05) is 0 Å². The van der Waals surface area contributed by atoms with Crippen molar-refractivity contribution in [2.45, 2.75) is 30.5 Å². The molecule has 0 heterocycles. The van der Waals surface area contributed by atoms with Crippen LogP contribution in [0.15, 0.2) is 18.2 Å². The molecule has 0 aromatic heterocycles. The predicted octanol–water partition coefficient (Wildman–Crippen LogP) is 3.43. The Morgan fingerprint density at radius 3 is 2.11 bits per heavy atom.